The molecular formula is C15H24N4O9P2. The largest absolute Gasteiger partial charge is 0.466 e. The SMILES string of the molecule is CN(C)c1nccc(NCc2ccccc2)c1C#N.O.O=P(O)(O)O.O=P(O)(O)O. The van der Waals surface area contributed by atoms with Gasteiger partial charge in [0, 0.05) is 26.8 Å². The maximum absolute atomic E-state index is 9.29. The number of nitrogens with zero attached hydrogens (tertiary/aromatic N) is 3. The third-order valence-corrected chi connectivity index (χ3v) is 2.79. The number of nitriles is 1. The summed E-state index contributed by atoms with van der Waals surface area (Å²) in [6, 6.07) is 14.1. The number of hydrogen-bond donors (Lipinski definition) is 7. The zero-order valence-corrected chi connectivity index (χ0v) is 17.8. The normalized spacial score (nSPS) is 10.1. The summed E-state index contributed by atoms with van der Waals surface area (Å²) in [5, 5.41) is 12.6. The van der Waals surface area contributed by atoms with Crippen molar-refractivity contribution in [3.8, 4) is 6.07 Å². The molecule has 0 saturated heterocycles. The molecule has 0 atom stereocenters. The van der Waals surface area contributed by atoms with Crippen LogP contribution in [0.2, 0.25) is 0 Å². The van der Waals surface area contributed by atoms with E-state index in [4.69, 9.17) is 38.5 Å². The van der Waals surface area contributed by atoms with Gasteiger partial charge in [0.25, 0.3) is 0 Å². The minimum Gasteiger partial charge on any atom is -0.412 e. The molecule has 15 heteroatoms. The molecule has 13 nitrogen and oxygen atoms in total. The molecule has 0 unspecified atom stereocenters. The first-order valence-electron chi connectivity index (χ1n) is 7.63. The van der Waals surface area contributed by atoms with E-state index in [0.29, 0.717) is 17.9 Å². The first-order valence-corrected chi connectivity index (χ1v) is 10.8. The van der Waals surface area contributed by atoms with E-state index in [1.54, 1.807) is 6.20 Å². The second-order valence-corrected chi connectivity index (χ2v) is 7.48. The van der Waals surface area contributed by atoms with Crippen molar-refractivity contribution in [3.63, 3.8) is 0 Å². The monoisotopic (exact) mass is 466 g/mol. The van der Waals surface area contributed by atoms with Gasteiger partial charge in [-0.3, -0.25) is 0 Å². The molecule has 1 heterocycles. The number of anilines is 2. The van der Waals surface area contributed by atoms with Gasteiger partial charge in [0.1, 0.15) is 17.5 Å². The Morgan fingerprint density at radius 1 is 1.00 bits per heavy atom. The molecule has 0 saturated carbocycles. The molecule has 1 aromatic heterocycles. The third kappa shape index (κ3) is 16.6. The molecule has 2 aromatic rings. The molecule has 168 valence electrons. The maximum atomic E-state index is 9.29. The molecule has 0 amide bonds. The summed E-state index contributed by atoms with van der Waals surface area (Å²) in [7, 11) is -5.52. The lowest BCUT2D eigenvalue weighted by molar-refractivity contribution is 0.272. The molecule has 0 fully saturated rings. The number of hydrogen-bond acceptors (Lipinski definition) is 6. The van der Waals surface area contributed by atoms with Gasteiger partial charge in [-0.05, 0) is 11.6 Å². The zero-order chi connectivity index (χ0) is 22.7. The van der Waals surface area contributed by atoms with Crippen LogP contribution in [0.1, 0.15) is 11.1 Å². The van der Waals surface area contributed by atoms with Crippen LogP contribution < -0.4 is 10.2 Å². The highest BCUT2D eigenvalue weighted by Crippen LogP contribution is 2.26. The topological polar surface area (TPSA) is 239 Å². The predicted octanol–water partition coefficient (Wildman–Crippen LogP) is -0.0505. The van der Waals surface area contributed by atoms with Crippen LogP contribution in [0.4, 0.5) is 11.5 Å². The number of pyridine rings is 1. The molecule has 0 aliphatic carbocycles. The van der Waals surface area contributed by atoms with Crippen molar-refractivity contribution >= 4 is 27.2 Å². The van der Waals surface area contributed by atoms with Crippen LogP contribution >= 0.6 is 15.6 Å². The molecule has 0 radical (unpaired) electrons. The van der Waals surface area contributed by atoms with Gasteiger partial charge in [0.05, 0.1) is 5.69 Å². The van der Waals surface area contributed by atoms with Crippen LogP contribution in [0.3, 0.4) is 0 Å². The molecule has 2 rings (SSSR count). The quantitative estimate of drug-likeness (QED) is 0.293. The van der Waals surface area contributed by atoms with Crippen molar-refractivity contribution in [2.24, 2.45) is 0 Å². The summed E-state index contributed by atoms with van der Waals surface area (Å²) in [4.78, 5) is 49.2. The number of rotatable bonds is 4. The lowest BCUT2D eigenvalue weighted by Gasteiger charge is -2.16. The number of phosphoric acid groups is 2. The molecule has 0 aliphatic heterocycles. The highest BCUT2D eigenvalue weighted by molar-refractivity contribution is 7.45. The average Bonchev–Trinajstić information content (AvgIpc) is 2.57. The first kappa shape index (κ1) is 29.8. The van der Waals surface area contributed by atoms with E-state index in [-0.39, 0.29) is 5.48 Å². The molecule has 1 aromatic carbocycles. The summed E-state index contributed by atoms with van der Waals surface area (Å²) in [5.41, 5.74) is 2.56. The summed E-state index contributed by atoms with van der Waals surface area (Å²) in [5.74, 6) is 0.681. The second kappa shape index (κ2) is 13.8. The van der Waals surface area contributed by atoms with Crippen LogP contribution in [0.15, 0.2) is 42.6 Å². The van der Waals surface area contributed by atoms with E-state index >= 15 is 0 Å². The predicted molar refractivity (Wildman–Crippen MR) is 109 cm³/mol. The fraction of sp³-hybridized carbons (Fsp3) is 0.200. The average molecular weight is 466 g/mol. The Balaban J connectivity index is 0. The molecule has 0 aliphatic rings. The van der Waals surface area contributed by atoms with Gasteiger partial charge in [-0.15, -0.1) is 0 Å². The maximum Gasteiger partial charge on any atom is 0.466 e. The van der Waals surface area contributed by atoms with Crippen LogP contribution in [0.25, 0.3) is 0 Å². The van der Waals surface area contributed by atoms with Gasteiger partial charge in [-0.2, -0.15) is 5.26 Å². The van der Waals surface area contributed by atoms with Crippen LogP contribution in [-0.2, 0) is 15.7 Å². The smallest absolute Gasteiger partial charge is 0.412 e. The second-order valence-electron chi connectivity index (χ2n) is 5.43. The van der Waals surface area contributed by atoms with Gasteiger partial charge in [-0.25, -0.2) is 14.1 Å². The molecular weight excluding hydrogens is 442 g/mol. The number of benzene rings is 1. The van der Waals surface area contributed by atoms with Crippen molar-refractivity contribution in [2.75, 3.05) is 24.3 Å². The summed E-state index contributed by atoms with van der Waals surface area (Å²) < 4.78 is 17.8. The van der Waals surface area contributed by atoms with Crippen molar-refractivity contribution in [2.45, 2.75) is 6.54 Å². The highest BCUT2D eigenvalue weighted by Gasteiger charge is 2.10. The first-order chi connectivity index (χ1) is 13.2. The van der Waals surface area contributed by atoms with Crippen molar-refractivity contribution in [1.29, 1.82) is 5.26 Å². The van der Waals surface area contributed by atoms with Crippen molar-refractivity contribution in [1.82, 2.24) is 4.98 Å². The van der Waals surface area contributed by atoms with Crippen LogP contribution in [0, 0.1) is 11.3 Å². The van der Waals surface area contributed by atoms with Crippen LogP contribution in [0.5, 0.6) is 0 Å². The van der Waals surface area contributed by atoms with E-state index in [9.17, 15) is 5.26 Å². The van der Waals surface area contributed by atoms with Gasteiger partial charge in [0.2, 0.25) is 0 Å². The van der Waals surface area contributed by atoms with Gasteiger partial charge < -0.3 is 45.1 Å². The zero-order valence-electron chi connectivity index (χ0n) is 16.0. The van der Waals surface area contributed by atoms with E-state index in [1.807, 2.05) is 55.4 Å². The van der Waals surface area contributed by atoms with E-state index in [2.05, 4.69) is 16.4 Å². The van der Waals surface area contributed by atoms with Crippen molar-refractivity contribution in [3.05, 3.63) is 53.7 Å². The number of nitrogens with one attached hydrogen (secondary N) is 1. The summed E-state index contributed by atoms with van der Waals surface area (Å²) in [6.45, 7) is 0.687. The number of aromatic nitrogens is 1. The minimum atomic E-state index is -4.64. The van der Waals surface area contributed by atoms with Gasteiger partial charge in [-0.1, -0.05) is 30.3 Å². The van der Waals surface area contributed by atoms with E-state index in [1.165, 1.54) is 5.56 Å². The Hall–Kier alpha value is -2.36. The molecule has 0 bridgehead atoms. The third-order valence-electron chi connectivity index (χ3n) is 2.79. The van der Waals surface area contributed by atoms with Crippen LogP contribution in [-0.4, -0.2) is 53.9 Å². The Labute approximate surface area is 172 Å². The lowest BCUT2D eigenvalue weighted by Crippen LogP contribution is -2.13. The Kier molecular flexibility index (Phi) is 13.7. The van der Waals surface area contributed by atoms with Gasteiger partial charge in [0.15, 0.2) is 0 Å². The summed E-state index contributed by atoms with van der Waals surface area (Å²) in [6.07, 6.45) is 1.71. The molecule has 9 N–H and O–H groups in total. The van der Waals surface area contributed by atoms with Gasteiger partial charge >= 0.3 is 15.6 Å². The molecule has 30 heavy (non-hydrogen) atoms. The van der Waals surface area contributed by atoms with E-state index in [0.717, 1.165) is 5.69 Å². The summed E-state index contributed by atoms with van der Waals surface area (Å²) >= 11 is 0. The fourth-order valence-corrected chi connectivity index (χ4v) is 1.84. The standard InChI is InChI=1S/C15H16N4.2H3O4P.H2O/c1-19(2)15-13(10-16)14(8-9-17-15)18-11-12-6-4-3-5-7-12;2*1-5(2,3)4;/h3-9H,11H2,1-2H3,(H,17,18);2*(H3,1,2,3,4);1H2. The molecule has 0 spiro atoms. The highest BCUT2D eigenvalue weighted by atomic mass is 31.2. The Bertz CT molecular complexity index is 858. The fourth-order valence-electron chi connectivity index (χ4n) is 1.84. The minimum absolute atomic E-state index is 0. The Morgan fingerprint density at radius 3 is 1.87 bits per heavy atom. The van der Waals surface area contributed by atoms with Crippen molar-refractivity contribution < 1.29 is 44.0 Å². The van der Waals surface area contributed by atoms with E-state index < -0.39 is 15.6 Å². The lowest BCUT2D eigenvalue weighted by atomic mass is 10.2. The Morgan fingerprint density at radius 2 is 1.47 bits per heavy atom.